The Kier molecular flexibility index (Phi) is 11.3. The summed E-state index contributed by atoms with van der Waals surface area (Å²) in [5, 5.41) is 10.8. The number of hydrogen-bond acceptors (Lipinski definition) is 2. The fourth-order valence-electron chi connectivity index (χ4n) is 4.44. The number of rotatable bonds is 6. The third-order valence-electron chi connectivity index (χ3n) is 6.66. The van der Waals surface area contributed by atoms with Crippen LogP contribution in [0.4, 0.5) is 18.4 Å². The van der Waals surface area contributed by atoms with Crippen molar-refractivity contribution < 1.29 is 18.4 Å². The zero-order valence-electron chi connectivity index (χ0n) is 21.4. The summed E-state index contributed by atoms with van der Waals surface area (Å²) in [6, 6.07) is 3.88. The summed E-state index contributed by atoms with van der Waals surface area (Å²) in [4.78, 5) is 25.9. The van der Waals surface area contributed by atoms with Crippen molar-refractivity contribution in [3.05, 3.63) is 70.3 Å². The van der Waals surface area contributed by atoms with Crippen LogP contribution in [-0.2, 0) is 0 Å². The van der Waals surface area contributed by atoms with Gasteiger partial charge in [-0.1, -0.05) is 107 Å². The first-order valence-corrected chi connectivity index (χ1v) is 14.6. The van der Waals surface area contributed by atoms with E-state index in [1.165, 1.54) is 24.3 Å². The lowest BCUT2D eigenvalue weighted by molar-refractivity contribution is 0.210. The molecule has 14 heteroatoms. The van der Waals surface area contributed by atoms with Crippen LogP contribution < -0.4 is 21.3 Å². The molecule has 3 rings (SSSR count). The Hall–Kier alpha value is -1.42. The number of amides is 4. The topological polar surface area (TPSA) is 82.3 Å². The number of carbonyl (C=O) groups is 2. The smallest absolute Gasteiger partial charge is 0.315 e. The van der Waals surface area contributed by atoms with Gasteiger partial charge in [-0.2, -0.15) is 0 Å². The quantitative estimate of drug-likeness (QED) is 0.234. The maximum Gasteiger partial charge on any atom is 0.315 e. The van der Waals surface area contributed by atoms with Gasteiger partial charge in [0.25, 0.3) is 0 Å². The highest BCUT2D eigenvalue weighted by Crippen LogP contribution is 2.41. The molecular formula is C26H28Cl6F2N4O2. The first-order valence-electron chi connectivity index (χ1n) is 12.4. The van der Waals surface area contributed by atoms with E-state index in [1.807, 2.05) is 0 Å². The summed E-state index contributed by atoms with van der Waals surface area (Å²) in [5.74, 6) is -1.02. The second kappa shape index (κ2) is 13.7. The first kappa shape index (κ1) is 33.1. The highest BCUT2D eigenvalue weighted by molar-refractivity contribution is 6.68. The zero-order chi connectivity index (χ0) is 29.8. The van der Waals surface area contributed by atoms with Gasteiger partial charge in [0.2, 0.25) is 7.59 Å². The number of benzene rings is 2. The largest absolute Gasteiger partial charge is 0.333 e. The van der Waals surface area contributed by atoms with Crippen molar-refractivity contribution in [3.63, 3.8) is 0 Å². The Bertz CT molecular complexity index is 1130. The van der Waals surface area contributed by atoms with Crippen LogP contribution in [0.2, 0.25) is 0 Å². The second-order valence-electron chi connectivity index (χ2n) is 9.70. The van der Waals surface area contributed by atoms with Crippen molar-refractivity contribution in [3.8, 4) is 0 Å². The van der Waals surface area contributed by atoms with Gasteiger partial charge in [-0.15, -0.1) is 0 Å². The molecule has 0 spiro atoms. The van der Waals surface area contributed by atoms with Crippen LogP contribution in [0.3, 0.4) is 0 Å². The van der Waals surface area contributed by atoms with Gasteiger partial charge in [0, 0.05) is 0 Å². The molecule has 0 radical (unpaired) electrons. The Morgan fingerprint density at radius 1 is 0.725 bits per heavy atom. The maximum atomic E-state index is 14.2. The molecule has 1 fully saturated rings. The fourth-order valence-corrected chi connectivity index (χ4v) is 5.53. The van der Waals surface area contributed by atoms with E-state index in [-0.39, 0.29) is 11.1 Å². The number of alkyl halides is 6. The molecule has 40 heavy (non-hydrogen) atoms. The third-order valence-corrected chi connectivity index (χ3v) is 7.97. The summed E-state index contributed by atoms with van der Waals surface area (Å²) >= 11 is 36.7. The third kappa shape index (κ3) is 9.04. The molecule has 4 atom stereocenters. The molecule has 1 saturated carbocycles. The number of hydrogen-bond donors (Lipinski definition) is 4. The van der Waals surface area contributed by atoms with Gasteiger partial charge in [-0.05, 0) is 61.1 Å². The minimum Gasteiger partial charge on any atom is -0.333 e. The summed E-state index contributed by atoms with van der Waals surface area (Å²) in [6.45, 7) is 3.18. The lowest BCUT2D eigenvalue weighted by atomic mass is 9.90. The first-order chi connectivity index (χ1) is 18.6. The maximum absolute atomic E-state index is 14.2. The standard InChI is InChI=1S/C26H28Cl6F2N4O2/c1-13-7-9-15(11-17(13)33)21(25(27,28)29)37-23(39)35-19-5-3-4-6-20(19)36-24(40)38-22(26(30,31)32)16-10-8-14(2)18(34)12-16/h7-12,19-22H,3-6H2,1-2H3,(H2,35,37,39)(H2,36,38,40)/t19-,20+,21-,22-/m0/s1. The van der Waals surface area contributed by atoms with Crippen molar-refractivity contribution in [1.82, 2.24) is 21.3 Å². The van der Waals surface area contributed by atoms with E-state index in [0.29, 0.717) is 24.0 Å². The molecule has 4 N–H and O–H groups in total. The average molecular weight is 679 g/mol. The zero-order valence-corrected chi connectivity index (χ0v) is 26.0. The monoisotopic (exact) mass is 676 g/mol. The number of nitrogens with one attached hydrogen (secondary N) is 4. The molecule has 0 aliphatic heterocycles. The highest BCUT2D eigenvalue weighted by Gasteiger charge is 2.38. The Labute approximate surface area is 261 Å². The Morgan fingerprint density at radius 2 is 1.07 bits per heavy atom. The summed E-state index contributed by atoms with van der Waals surface area (Å²) in [5.41, 5.74) is 1.33. The van der Waals surface area contributed by atoms with E-state index >= 15 is 0 Å². The van der Waals surface area contributed by atoms with Crippen LogP contribution in [-0.4, -0.2) is 31.7 Å². The minimum atomic E-state index is -1.98. The molecule has 0 unspecified atom stereocenters. The summed E-state index contributed by atoms with van der Waals surface area (Å²) in [7, 11) is 0. The molecule has 1 aliphatic rings. The average Bonchev–Trinajstić information content (AvgIpc) is 2.84. The van der Waals surface area contributed by atoms with E-state index in [9.17, 15) is 18.4 Å². The van der Waals surface area contributed by atoms with Crippen LogP contribution in [0.5, 0.6) is 0 Å². The highest BCUT2D eigenvalue weighted by atomic mass is 35.6. The molecule has 4 amide bonds. The molecular weight excluding hydrogens is 651 g/mol. The molecule has 0 aromatic heterocycles. The van der Waals surface area contributed by atoms with Gasteiger partial charge in [0.05, 0.1) is 12.1 Å². The normalized spacial score (nSPS) is 19.4. The van der Waals surface area contributed by atoms with Gasteiger partial charge >= 0.3 is 12.1 Å². The Morgan fingerprint density at radius 3 is 1.38 bits per heavy atom. The predicted octanol–water partition coefficient (Wildman–Crippen LogP) is 8.01. The van der Waals surface area contributed by atoms with Gasteiger partial charge < -0.3 is 21.3 Å². The Balaban J connectivity index is 1.70. The van der Waals surface area contributed by atoms with E-state index in [1.54, 1.807) is 26.0 Å². The van der Waals surface area contributed by atoms with Crippen molar-refractivity contribution in [2.24, 2.45) is 0 Å². The van der Waals surface area contributed by atoms with Crippen LogP contribution in [0.1, 0.15) is 60.0 Å². The molecule has 0 saturated heterocycles. The summed E-state index contributed by atoms with van der Waals surface area (Å²) in [6.07, 6.45) is 2.68. The van der Waals surface area contributed by atoms with Gasteiger partial charge in [-0.3, -0.25) is 0 Å². The molecule has 2 aromatic carbocycles. The van der Waals surface area contributed by atoms with E-state index in [0.717, 1.165) is 12.8 Å². The molecule has 6 nitrogen and oxygen atoms in total. The van der Waals surface area contributed by atoms with Gasteiger partial charge in [-0.25, -0.2) is 18.4 Å². The lowest BCUT2D eigenvalue weighted by Crippen LogP contribution is -2.58. The van der Waals surface area contributed by atoms with Crippen molar-refractivity contribution in [2.75, 3.05) is 0 Å². The van der Waals surface area contributed by atoms with Crippen molar-refractivity contribution in [1.29, 1.82) is 0 Å². The van der Waals surface area contributed by atoms with Gasteiger partial charge in [0.15, 0.2) is 0 Å². The number of carbonyl (C=O) groups excluding carboxylic acids is 2. The number of halogens is 8. The summed E-state index contributed by atoms with van der Waals surface area (Å²) < 4.78 is 24.4. The van der Waals surface area contributed by atoms with Crippen molar-refractivity contribution in [2.45, 2.75) is 71.3 Å². The van der Waals surface area contributed by atoms with E-state index in [4.69, 9.17) is 69.6 Å². The van der Waals surface area contributed by atoms with Gasteiger partial charge in [0.1, 0.15) is 23.7 Å². The molecule has 220 valence electrons. The van der Waals surface area contributed by atoms with E-state index < -0.39 is 55.4 Å². The van der Waals surface area contributed by atoms with Crippen molar-refractivity contribution >= 4 is 81.7 Å². The lowest BCUT2D eigenvalue weighted by Gasteiger charge is -2.35. The molecule has 1 aliphatic carbocycles. The predicted molar refractivity (Wildman–Crippen MR) is 158 cm³/mol. The molecule has 2 aromatic rings. The second-order valence-corrected chi connectivity index (χ2v) is 14.4. The number of aryl methyl sites for hydroxylation is 2. The molecule has 0 heterocycles. The van der Waals surface area contributed by atoms with E-state index in [2.05, 4.69) is 21.3 Å². The van der Waals surface area contributed by atoms with Crippen LogP contribution in [0.15, 0.2) is 36.4 Å². The molecule has 0 bridgehead atoms. The van der Waals surface area contributed by atoms with Crippen LogP contribution in [0, 0.1) is 25.5 Å². The number of urea groups is 2. The SMILES string of the molecule is Cc1ccc([C@H](NC(=O)N[C@H]2CCCC[C@H]2NC(=O)N[C@@H](c2ccc(C)c(F)c2)C(Cl)(Cl)Cl)C(Cl)(Cl)Cl)cc1F. The van der Waals surface area contributed by atoms with Crippen LogP contribution in [0.25, 0.3) is 0 Å². The minimum absolute atomic E-state index is 0.265. The van der Waals surface area contributed by atoms with Crippen LogP contribution >= 0.6 is 69.6 Å². The fraction of sp³-hybridized carbons (Fsp3) is 0.462.